The van der Waals surface area contributed by atoms with Gasteiger partial charge in [-0.3, -0.25) is 4.90 Å². The van der Waals surface area contributed by atoms with Gasteiger partial charge in [0.15, 0.2) is 0 Å². The summed E-state index contributed by atoms with van der Waals surface area (Å²) in [5.41, 5.74) is 2.22. The van der Waals surface area contributed by atoms with Crippen molar-refractivity contribution >= 4 is 5.88 Å². The molecule has 5 nitrogen and oxygen atoms in total. The van der Waals surface area contributed by atoms with Gasteiger partial charge in [-0.15, -0.1) is 0 Å². The molecule has 1 aromatic heterocycles. The van der Waals surface area contributed by atoms with Gasteiger partial charge in [-0.25, -0.2) is 4.39 Å². The van der Waals surface area contributed by atoms with Gasteiger partial charge in [0, 0.05) is 38.3 Å². The van der Waals surface area contributed by atoms with E-state index in [1.54, 1.807) is 12.1 Å². The molecule has 0 spiro atoms. The summed E-state index contributed by atoms with van der Waals surface area (Å²) in [7, 11) is 0. The third-order valence-corrected chi connectivity index (χ3v) is 4.71. The lowest BCUT2D eigenvalue weighted by atomic mass is 10.2. The molecule has 0 aliphatic carbocycles. The Balaban J connectivity index is 1.46. The molecule has 0 bridgehead atoms. The Morgan fingerprint density at radius 1 is 1.00 bits per heavy atom. The molecule has 1 aliphatic heterocycles. The highest BCUT2D eigenvalue weighted by atomic mass is 19.1. The van der Waals surface area contributed by atoms with Crippen molar-refractivity contribution in [2.75, 3.05) is 31.1 Å². The second-order valence-corrected chi connectivity index (χ2v) is 6.54. The van der Waals surface area contributed by atoms with Crippen LogP contribution in [0.5, 0.6) is 0 Å². The van der Waals surface area contributed by atoms with Crippen LogP contribution in [-0.2, 0) is 6.54 Å². The van der Waals surface area contributed by atoms with Gasteiger partial charge in [0.2, 0.25) is 17.5 Å². The third kappa shape index (κ3) is 3.83. The number of nitriles is 1. The van der Waals surface area contributed by atoms with Gasteiger partial charge in [0.05, 0.1) is 0 Å². The van der Waals surface area contributed by atoms with E-state index in [2.05, 4.69) is 45.1 Å². The molecule has 0 atom stereocenters. The van der Waals surface area contributed by atoms with Crippen molar-refractivity contribution in [1.82, 2.24) is 9.88 Å². The Labute approximate surface area is 157 Å². The number of hydrogen-bond donors (Lipinski definition) is 0. The van der Waals surface area contributed by atoms with E-state index in [-0.39, 0.29) is 11.5 Å². The van der Waals surface area contributed by atoms with Crippen LogP contribution >= 0.6 is 0 Å². The predicted molar refractivity (Wildman–Crippen MR) is 101 cm³/mol. The zero-order valence-corrected chi connectivity index (χ0v) is 14.8. The molecule has 1 fully saturated rings. The predicted octanol–water partition coefficient (Wildman–Crippen LogP) is 3.67. The Bertz CT molecular complexity index is 939. The summed E-state index contributed by atoms with van der Waals surface area (Å²) in [6.45, 7) is 4.20. The Morgan fingerprint density at radius 3 is 2.37 bits per heavy atom. The van der Waals surface area contributed by atoms with Crippen molar-refractivity contribution in [1.29, 1.82) is 5.26 Å². The number of aromatic nitrogens is 1. The molecule has 4 rings (SSSR count). The smallest absolute Gasteiger partial charge is 0.235 e. The highest BCUT2D eigenvalue weighted by Crippen LogP contribution is 2.29. The Kier molecular flexibility index (Phi) is 4.86. The Hall–Kier alpha value is -3.17. The summed E-state index contributed by atoms with van der Waals surface area (Å²) in [6, 6.07) is 18.4. The topological polar surface area (TPSA) is 56.3 Å². The maximum atomic E-state index is 13.1. The molecule has 0 N–H and O–H groups in total. The lowest BCUT2D eigenvalue weighted by molar-refractivity contribution is 0.246. The minimum Gasteiger partial charge on any atom is -0.419 e. The average molecular weight is 362 g/mol. The fourth-order valence-corrected chi connectivity index (χ4v) is 3.27. The Morgan fingerprint density at radius 2 is 1.70 bits per heavy atom. The summed E-state index contributed by atoms with van der Waals surface area (Å²) >= 11 is 0. The van der Waals surface area contributed by atoms with E-state index in [4.69, 9.17) is 4.42 Å². The van der Waals surface area contributed by atoms with Gasteiger partial charge < -0.3 is 9.32 Å². The molecular weight excluding hydrogens is 343 g/mol. The molecule has 0 radical (unpaired) electrons. The minimum atomic E-state index is -0.319. The zero-order chi connectivity index (χ0) is 18.6. The van der Waals surface area contributed by atoms with E-state index in [1.165, 1.54) is 17.7 Å². The van der Waals surface area contributed by atoms with Crippen molar-refractivity contribution in [3.63, 3.8) is 0 Å². The second-order valence-electron chi connectivity index (χ2n) is 6.54. The van der Waals surface area contributed by atoms with E-state index < -0.39 is 0 Å². The van der Waals surface area contributed by atoms with Crippen molar-refractivity contribution < 1.29 is 8.81 Å². The maximum absolute atomic E-state index is 13.1. The normalized spacial score (nSPS) is 14.9. The first-order valence-corrected chi connectivity index (χ1v) is 8.91. The number of rotatable bonds is 4. The van der Waals surface area contributed by atoms with Crippen LogP contribution in [0.4, 0.5) is 10.3 Å². The van der Waals surface area contributed by atoms with Crippen molar-refractivity contribution in [3.8, 4) is 17.5 Å². The first kappa shape index (κ1) is 17.3. The van der Waals surface area contributed by atoms with E-state index in [0.29, 0.717) is 17.3 Å². The van der Waals surface area contributed by atoms with Crippen LogP contribution in [0, 0.1) is 17.1 Å². The number of piperazine rings is 1. The summed E-state index contributed by atoms with van der Waals surface area (Å²) < 4.78 is 19.0. The molecule has 2 aromatic carbocycles. The van der Waals surface area contributed by atoms with Crippen LogP contribution in [0.3, 0.4) is 0 Å². The molecule has 1 saturated heterocycles. The molecule has 3 aromatic rings. The number of nitrogens with zero attached hydrogens (tertiary/aromatic N) is 4. The molecule has 27 heavy (non-hydrogen) atoms. The molecule has 2 heterocycles. The quantitative estimate of drug-likeness (QED) is 0.709. The molecule has 0 unspecified atom stereocenters. The number of hydrogen-bond acceptors (Lipinski definition) is 5. The van der Waals surface area contributed by atoms with E-state index >= 15 is 0 Å². The van der Waals surface area contributed by atoms with Crippen LogP contribution in [0.25, 0.3) is 11.5 Å². The highest BCUT2D eigenvalue weighted by Gasteiger charge is 2.24. The monoisotopic (exact) mass is 362 g/mol. The van der Waals surface area contributed by atoms with Gasteiger partial charge >= 0.3 is 0 Å². The van der Waals surface area contributed by atoms with Crippen LogP contribution in [0.2, 0.25) is 0 Å². The lowest BCUT2D eigenvalue weighted by Gasteiger charge is -2.34. The first-order valence-electron chi connectivity index (χ1n) is 8.91. The third-order valence-electron chi connectivity index (χ3n) is 4.71. The number of oxazole rings is 1. The van der Waals surface area contributed by atoms with Crippen LogP contribution < -0.4 is 4.90 Å². The standard InChI is InChI=1S/C21H19FN4O/c22-18-8-6-17(7-9-18)20-24-19(14-23)21(27-20)26-12-10-25(11-13-26)15-16-4-2-1-3-5-16/h1-9H,10-13,15H2. The number of anilines is 1. The molecule has 1 aliphatic rings. The van der Waals surface area contributed by atoms with Crippen molar-refractivity contribution in [2.24, 2.45) is 0 Å². The molecule has 136 valence electrons. The van der Waals surface area contributed by atoms with E-state index in [0.717, 1.165) is 32.7 Å². The van der Waals surface area contributed by atoms with Crippen LogP contribution in [0.1, 0.15) is 11.3 Å². The summed E-state index contributed by atoms with van der Waals surface area (Å²) in [5, 5.41) is 9.43. The second kappa shape index (κ2) is 7.60. The molecule has 6 heteroatoms. The molecule has 0 saturated carbocycles. The van der Waals surface area contributed by atoms with E-state index in [9.17, 15) is 9.65 Å². The zero-order valence-electron chi connectivity index (χ0n) is 14.8. The molecule has 0 amide bonds. The van der Waals surface area contributed by atoms with Gasteiger partial charge in [0.1, 0.15) is 11.9 Å². The van der Waals surface area contributed by atoms with Gasteiger partial charge in [-0.1, -0.05) is 30.3 Å². The van der Waals surface area contributed by atoms with Crippen LogP contribution in [0.15, 0.2) is 59.0 Å². The highest BCUT2D eigenvalue weighted by molar-refractivity contribution is 5.59. The van der Waals surface area contributed by atoms with Crippen molar-refractivity contribution in [3.05, 3.63) is 71.7 Å². The SMILES string of the molecule is N#Cc1nc(-c2ccc(F)cc2)oc1N1CCN(Cc2ccccc2)CC1. The maximum Gasteiger partial charge on any atom is 0.235 e. The van der Waals surface area contributed by atoms with E-state index in [1.807, 2.05) is 6.07 Å². The summed E-state index contributed by atoms with van der Waals surface area (Å²) in [5.74, 6) is 0.519. The first-order chi connectivity index (χ1) is 13.2. The van der Waals surface area contributed by atoms with Crippen molar-refractivity contribution in [2.45, 2.75) is 6.54 Å². The molecular formula is C21H19FN4O. The lowest BCUT2D eigenvalue weighted by Crippen LogP contribution is -2.46. The van der Waals surface area contributed by atoms with Crippen LogP contribution in [-0.4, -0.2) is 36.1 Å². The van der Waals surface area contributed by atoms with Gasteiger partial charge in [-0.2, -0.15) is 10.2 Å². The minimum absolute atomic E-state index is 0.269. The average Bonchev–Trinajstić information content (AvgIpc) is 3.14. The number of benzene rings is 2. The van der Waals surface area contributed by atoms with Gasteiger partial charge in [-0.05, 0) is 29.8 Å². The fourth-order valence-electron chi connectivity index (χ4n) is 3.27. The summed E-state index contributed by atoms with van der Waals surface area (Å²) in [6.07, 6.45) is 0. The van der Waals surface area contributed by atoms with Gasteiger partial charge in [0.25, 0.3) is 0 Å². The summed E-state index contributed by atoms with van der Waals surface area (Å²) in [4.78, 5) is 8.72. The fraction of sp³-hybridized carbons (Fsp3) is 0.238. The largest absolute Gasteiger partial charge is 0.419 e. The number of halogens is 1.